The zero-order valence-electron chi connectivity index (χ0n) is 6.23. The smallest absolute Gasteiger partial charge is 0.198 e. The number of hydrogen-bond donors (Lipinski definition) is 1. The summed E-state index contributed by atoms with van der Waals surface area (Å²) in [5.74, 6) is 0. The lowest BCUT2D eigenvalue weighted by Gasteiger charge is -2.03. The number of nitrogens with two attached hydrogens (primary N) is 1. The largest absolute Gasteiger partial charge is 0.399 e. The van der Waals surface area contributed by atoms with E-state index < -0.39 is 0 Å². The van der Waals surface area contributed by atoms with Gasteiger partial charge in [-0.05, 0) is 24.3 Å². The molecule has 0 aliphatic carbocycles. The maximum atomic E-state index is 8.47. The minimum atomic E-state index is 0.522. The summed E-state index contributed by atoms with van der Waals surface area (Å²) in [6.45, 7) is 0. The van der Waals surface area contributed by atoms with Gasteiger partial charge in [-0.2, -0.15) is 15.4 Å². The highest BCUT2D eigenvalue weighted by atomic mass is 15.1. The summed E-state index contributed by atoms with van der Waals surface area (Å²) in [5, 5.41) is 16.9. The van der Waals surface area contributed by atoms with Crippen LogP contribution in [-0.2, 0) is 0 Å². The zero-order valence-corrected chi connectivity index (χ0v) is 6.23. The van der Waals surface area contributed by atoms with E-state index in [1.807, 2.05) is 0 Å². The summed E-state index contributed by atoms with van der Waals surface area (Å²) in [6, 6.07) is 6.50. The molecule has 58 valence electrons. The van der Waals surface area contributed by atoms with Gasteiger partial charge in [-0.15, -0.1) is 0 Å². The molecular weight excluding hydrogens is 152 g/mol. The molecule has 0 fully saturated rings. The van der Waals surface area contributed by atoms with Crippen LogP contribution < -0.4 is 10.6 Å². The Balaban J connectivity index is 2.99. The Hall–Kier alpha value is -2.20. The number of benzene rings is 1. The molecule has 2 N–H and O–H groups in total. The van der Waals surface area contributed by atoms with Crippen LogP contribution in [0.2, 0.25) is 0 Å². The van der Waals surface area contributed by atoms with E-state index in [4.69, 9.17) is 16.3 Å². The average Bonchev–Trinajstić information content (AvgIpc) is 2.10. The van der Waals surface area contributed by atoms with Gasteiger partial charge in [0, 0.05) is 5.69 Å². The molecule has 4 heteroatoms. The van der Waals surface area contributed by atoms with E-state index in [1.54, 1.807) is 36.7 Å². The molecule has 1 aromatic rings. The summed E-state index contributed by atoms with van der Waals surface area (Å²) in [6.07, 6.45) is 3.44. The number of nitriles is 2. The number of nitrogens with zero attached hydrogens (tertiary/aromatic N) is 3. The molecule has 0 bridgehead atoms. The molecule has 1 rings (SSSR count). The van der Waals surface area contributed by atoms with Gasteiger partial charge in [0.25, 0.3) is 0 Å². The standard InChI is InChI=1S/C8H6N4/c9-5-12(6-10)8-3-1-7(11)2-4-8/h1-4H,11H2. The van der Waals surface area contributed by atoms with Gasteiger partial charge in [0.2, 0.25) is 0 Å². The highest BCUT2D eigenvalue weighted by Gasteiger charge is 2.01. The van der Waals surface area contributed by atoms with E-state index in [2.05, 4.69) is 0 Å². The van der Waals surface area contributed by atoms with Crippen LogP contribution in [0.3, 0.4) is 0 Å². The predicted molar refractivity (Wildman–Crippen MR) is 44.6 cm³/mol. The summed E-state index contributed by atoms with van der Waals surface area (Å²) in [5.41, 5.74) is 6.55. The van der Waals surface area contributed by atoms with Crippen LogP contribution in [0.5, 0.6) is 0 Å². The van der Waals surface area contributed by atoms with Crippen molar-refractivity contribution in [1.82, 2.24) is 0 Å². The molecule has 0 spiro atoms. The second-order valence-corrected chi connectivity index (χ2v) is 2.13. The molecule has 0 radical (unpaired) electrons. The van der Waals surface area contributed by atoms with Crippen LogP contribution in [0.15, 0.2) is 24.3 Å². The van der Waals surface area contributed by atoms with Gasteiger partial charge in [-0.3, -0.25) is 0 Å². The van der Waals surface area contributed by atoms with Crippen molar-refractivity contribution < 1.29 is 0 Å². The minimum absolute atomic E-state index is 0.522. The van der Waals surface area contributed by atoms with Crippen molar-refractivity contribution in [1.29, 1.82) is 10.5 Å². The van der Waals surface area contributed by atoms with Crippen LogP contribution in [0, 0.1) is 22.9 Å². The number of nitrogen functional groups attached to an aromatic ring is 1. The molecule has 4 nitrogen and oxygen atoms in total. The lowest BCUT2D eigenvalue weighted by atomic mass is 10.3. The minimum Gasteiger partial charge on any atom is -0.399 e. The molecule has 0 aliphatic rings. The highest BCUT2D eigenvalue weighted by Crippen LogP contribution is 2.14. The molecular formula is C8H6N4. The third kappa shape index (κ3) is 1.44. The fraction of sp³-hybridized carbons (Fsp3) is 0. The maximum absolute atomic E-state index is 8.47. The molecule has 0 amide bonds. The van der Waals surface area contributed by atoms with Crippen molar-refractivity contribution in [2.24, 2.45) is 0 Å². The van der Waals surface area contributed by atoms with Crippen molar-refractivity contribution in [3.05, 3.63) is 24.3 Å². The topological polar surface area (TPSA) is 76.8 Å². The molecule has 0 heterocycles. The van der Waals surface area contributed by atoms with E-state index >= 15 is 0 Å². The van der Waals surface area contributed by atoms with Gasteiger partial charge in [0.1, 0.15) is 0 Å². The summed E-state index contributed by atoms with van der Waals surface area (Å²) < 4.78 is 0. The Morgan fingerprint density at radius 2 is 1.58 bits per heavy atom. The van der Waals surface area contributed by atoms with Crippen LogP contribution in [0.25, 0.3) is 0 Å². The van der Waals surface area contributed by atoms with Crippen molar-refractivity contribution in [3.8, 4) is 12.4 Å². The monoisotopic (exact) mass is 158 g/mol. The molecule has 0 atom stereocenters. The van der Waals surface area contributed by atoms with Gasteiger partial charge in [-0.25, -0.2) is 0 Å². The first kappa shape index (κ1) is 7.90. The molecule has 0 aromatic heterocycles. The normalized spacial score (nSPS) is 8.17. The number of hydrogen-bond acceptors (Lipinski definition) is 4. The van der Waals surface area contributed by atoms with Gasteiger partial charge in [0.05, 0.1) is 5.69 Å². The molecule has 1 aromatic carbocycles. The van der Waals surface area contributed by atoms with E-state index in [0.717, 1.165) is 4.90 Å². The quantitative estimate of drug-likeness (QED) is 0.376. The highest BCUT2D eigenvalue weighted by molar-refractivity contribution is 5.58. The van der Waals surface area contributed by atoms with E-state index in [1.165, 1.54) is 0 Å². The lowest BCUT2D eigenvalue weighted by Crippen LogP contribution is -2.06. The Labute approximate surface area is 70.0 Å². The van der Waals surface area contributed by atoms with Crippen LogP contribution in [-0.4, -0.2) is 0 Å². The van der Waals surface area contributed by atoms with Crippen LogP contribution in [0.1, 0.15) is 0 Å². The van der Waals surface area contributed by atoms with Crippen molar-refractivity contribution in [2.75, 3.05) is 10.6 Å². The summed E-state index contributed by atoms with van der Waals surface area (Å²) in [7, 11) is 0. The Morgan fingerprint density at radius 3 is 2.00 bits per heavy atom. The molecule has 0 saturated heterocycles. The summed E-state index contributed by atoms with van der Waals surface area (Å²) in [4.78, 5) is 0.902. The van der Waals surface area contributed by atoms with Crippen molar-refractivity contribution >= 4 is 11.4 Å². The van der Waals surface area contributed by atoms with Gasteiger partial charge >= 0.3 is 0 Å². The second kappa shape index (κ2) is 3.27. The van der Waals surface area contributed by atoms with Gasteiger partial charge in [0.15, 0.2) is 12.4 Å². The molecule has 12 heavy (non-hydrogen) atoms. The van der Waals surface area contributed by atoms with Gasteiger partial charge in [-0.1, -0.05) is 0 Å². The molecule has 0 unspecified atom stereocenters. The first-order valence-corrected chi connectivity index (χ1v) is 3.23. The third-order valence-electron chi connectivity index (χ3n) is 1.35. The second-order valence-electron chi connectivity index (χ2n) is 2.13. The Morgan fingerprint density at radius 1 is 1.08 bits per heavy atom. The molecule has 0 aliphatic heterocycles. The van der Waals surface area contributed by atoms with Crippen molar-refractivity contribution in [3.63, 3.8) is 0 Å². The lowest BCUT2D eigenvalue weighted by molar-refractivity contribution is 1.26. The van der Waals surface area contributed by atoms with E-state index in [9.17, 15) is 0 Å². The van der Waals surface area contributed by atoms with E-state index in [-0.39, 0.29) is 0 Å². The van der Waals surface area contributed by atoms with Crippen LogP contribution >= 0.6 is 0 Å². The maximum Gasteiger partial charge on any atom is 0.198 e. The van der Waals surface area contributed by atoms with E-state index in [0.29, 0.717) is 11.4 Å². The predicted octanol–water partition coefficient (Wildman–Crippen LogP) is 1.04. The fourth-order valence-corrected chi connectivity index (χ4v) is 0.761. The third-order valence-corrected chi connectivity index (χ3v) is 1.35. The number of anilines is 2. The number of rotatable bonds is 1. The summed E-state index contributed by atoms with van der Waals surface area (Å²) >= 11 is 0. The first-order chi connectivity index (χ1) is 5.77. The first-order valence-electron chi connectivity index (χ1n) is 3.23. The van der Waals surface area contributed by atoms with Crippen LogP contribution in [0.4, 0.5) is 11.4 Å². The molecule has 0 saturated carbocycles. The van der Waals surface area contributed by atoms with Crippen molar-refractivity contribution in [2.45, 2.75) is 0 Å². The Bertz CT molecular complexity index is 327. The Kier molecular flexibility index (Phi) is 2.15. The SMILES string of the molecule is N#CN(C#N)c1ccc(N)cc1. The van der Waals surface area contributed by atoms with Gasteiger partial charge < -0.3 is 5.73 Å². The fourth-order valence-electron chi connectivity index (χ4n) is 0.761. The zero-order chi connectivity index (χ0) is 8.97. The average molecular weight is 158 g/mol.